The second kappa shape index (κ2) is 7.51. The summed E-state index contributed by atoms with van der Waals surface area (Å²) in [6.07, 6.45) is 0.649. The molecule has 2 aromatic rings. The Morgan fingerprint density at radius 1 is 1.08 bits per heavy atom. The third kappa shape index (κ3) is 4.08. The molecule has 1 aliphatic rings. The summed E-state index contributed by atoms with van der Waals surface area (Å²) in [7, 11) is -3.53. The lowest BCUT2D eigenvalue weighted by Crippen LogP contribution is -2.40. The zero-order valence-corrected chi connectivity index (χ0v) is 14.7. The highest BCUT2D eigenvalue weighted by atomic mass is 32.2. The zero-order valence-electron chi connectivity index (χ0n) is 13.9. The summed E-state index contributed by atoms with van der Waals surface area (Å²) in [6.45, 7) is 0.602. The number of amides is 1. The maximum atomic E-state index is 13.2. The van der Waals surface area contributed by atoms with Gasteiger partial charge in [-0.3, -0.25) is 4.79 Å². The molecule has 2 aromatic carbocycles. The van der Waals surface area contributed by atoms with E-state index in [1.54, 1.807) is 0 Å². The molecular formula is C18H18F2N2O3S. The topological polar surface area (TPSA) is 66.5 Å². The second-order valence-electron chi connectivity index (χ2n) is 6.05. The van der Waals surface area contributed by atoms with Gasteiger partial charge in [-0.15, -0.1) is 0 Å². The molecule has 26 heavy (non-hydrogen) atoms. The van der Waals surface area contributed by atoms with Crippen molar-refractivity contribution in [2.45, 2.75) is 13.0 Å². The van der Waals surface area contributed by atoms with E-state index < -0.39 is 27.6 Å². The van der Waals surface area contributed by atoms with E-state index in [2.05, 4.69) is 5.32 Å². The van der Waals surface area contributed by atoms with Crippen LogP contribution >= 0.6 is 0 Å². The van der Waals surface area contributed by atoms with E-state index in [9.17, 15) is 22.0 Å². The van der Waals surface area contributed by atoms with E-state index in [0.717, 1.165) is 29.3 Å². The Morgan fingerprint density at radius 2 is 1.81 bits per heavy atom. The van der Waals surface area contributed by atoms with Gasteiger partial charge in [0.15, 0.2) is 11.6 Å². The molecule has 1 amide bonds. The molecular weight excluding hydrogens is 362 g/mol. The average molecular weight is 380 g/mol. The Balaban J connectivity index is 1.57. The number of fused-ring (bicyclic) bond motifs is 1. The van der Waals surface area contributed by atoms with Gasteiger partial charge in [-0.25, -0.2) is 17.2 Å². The largest absolute Gasteiger partial charge is 0.351 e. The first-order chi connectivity index (χ1) is 12.4. The van der Waals surface area contributed by atoms with Gasteiger partial charge in [0.25, 0.3) is 5.91 Å². The minimum absolute atomic E-state index is 0.0619. The predicted octanol–water partition coefficient (Wildman–Crippen LogP) is 2.08. The molecule has 0 saturated carbocycles. The normalized spacial score (nSPS) is 14.7. The van der Waals surface area contributed by atoms with E-state index in [1.807, 2.05) is 24.3 Å². The zero-order chi connectivity index (χ0) is 18.7. The maximum Gasteiger partial charge on any atom is 0.251 e. The van der Waals surface area contributed by atoms with Gasteiger partial charge in [-0.1, -0.05) is 24.3 Å². The summed E-state index contributed by atoms with van der Waals surface area (Å²) in [5.41, 5.74) is 2.06. The Bertz CT molecular complexity index is 932. The molecule has 5 nitrogen and oxygen atoms in total. The number of hydrogen-bond donors (Lipinski definition) is 1. The number of carbonyl (C=O) groups excluding carboxylic acids is 1. The van der Waals surface area contributed by atoms with Gasteiger partial charge in [0.2, 0.25) is 10.0 Å². The lowest BCUT2D eigenvalue weighted by molar-refractivity contribution is 0.0955. The SMILES string of the molecule is O=C(NCCS(=O)(=O)N1CCc2ccccc2C1)c1ccc(F)c(F)c1. The van der Waals surface area contributed by atoms with Crippen LogP contribution in [0.25, 0.3) is 0 Å². The van der Waals surface area contributed by atoms with E-state index >= 15 is 0 Å². The van der Waals surface area contributed by atoms with Crippen LogP contribution in [0, 0.1) is 11.6 Å². The van der Waals surface area contributed by atoms with Crippen LogP contribution in [0.2, 0.25) is 0 Å². The van der Waals surface area contributed by atoms with E-state index in [1.165, 1.54) is 4.31 Å². The summed E-state index contributed by atoms with van der Waals surface area (Å²) in [6, 6.07) is 10.5. The molecule has 0 atom stereocenters. The number of hydrogen-bond acceptors (Lipinski definition) is 3. The van der Waals surface area contributed by atoms with Crippen LogP contribution in [-0.2, 0) is 23.0 Å². The Labute approximate surface area is 150 Å². The summed E-state index contributed by atoms with van der Waals surface area (Å²) in [4.78, 5) is 11.9. The highest BCUT2D eigenvalue weighted by Gasteiger charge is 2.26. The van der Waals surface area contributed by atoms with Crippen molar-refractivity contribution in [2.24, 2.45) is 0 Å². The molecule has 0 aromatic heterocycles. The molecule has 0 spiro atoms. The number of sulfonamides is 1. The van der Waals surface area contributed by atoms with Crippen LogP contribution < -0.4 is 5.32 Å². The van der Waals surface area contributed by atoms with Gasteiger partial charge < -0.3 is 5.32 Å². The monoisotopic (exact) mass is 380 g/mol. The molecule has 0 unspecified atom stereocenters. The van der Waals surface area contributed by atoms with Crippen molar-refractivity contribution in [1.29, 1.82) is 0 Å². The van der Waals surface area contributed by atoms with Gasteiger partial charge >= 0.3 is 0 Å². The molecule has 3 rings (SSSR count). The van der Waals surface area contributed by atoms with Gasteiger partial charge in [-0.2, -0.15) is 4.31 Å². The third-order valence-electron chi connectivity index (χ3n) is 4.32. The van der Waals surface area contributed by atoms with Crippen LogP contribution in [-0.4, -0.2) is 37.5 Å². The Hall–Kier alpha value is -2.32. The van der Waals surface area contributed by atoms with Gasteiger partial charge in [-0.05, 0) is 35.7 Å². The average Bonchev–Trinajstić information content (AvgIpc) is 2.63. The fraction of sp³-hybridized carbons (Fsp3) is 0.278. The summed E-state index contributed by atoms with van der Waals surface area (Å²) < 4.78 is 52.4. The summed E-state index contributed by atoms with van der Waals surface area (Å²) >= 11 is 0. The van der Waals surface area contributed by atoms with E-state index in [4.69, 9.17) is 0 Å². The molecule has 138 valence electrons. The third-order valence-corrected chi connectivity index (χ3v) is 6.13. The first-order valence-electron chi connectivity index (χ1n) is 8.15. The lowest BCUT2D eigenvalue weighted by atomic mass is 10.0. The molecule has 1 N–H and O–H groups in total. The van der Waals surface area contributed by atoms with Crippen molar-refractivity contribution in [3.63, 3.8) is 0 Å². The molecule has 0 radical (unpaired) electrons. The Kier molecular flexibility index (Phi) is 5.33. The minimum Gasteiger partial charge on any atom is -0.351 e. The lowest BCUT2D eigenvalue weighted by Gasteiger charge is -2.28. The summed E-state index contributed by atoms with van der Waals surface area (Å²) in [5, 5.41) is 2.43. The highest BCUT2D eigenvalue weighted by Crippen LogP contribution is 2.20. The standard InChI is InChI=1S/C18H18F2N2O3S/c19-16-6-5-14(11-17(16)20)18(23)21-8-10-26(24,25)22-9-7-13-3-1-2-4-15(13)12-22/h1-6,11H,7-10,12H2,(H,21,23). The van der Waals surface area contributed by atoms with Crippen molar-refractivity contribution in [2.75, 3.05) is 18.8 Å². The first kappa shape index (κ1) is 18.5. The van der Waals surface area contributed by atoms with Crippen LogP contribution in [0.4, 0.5) is 8.78 Å². The first-order valence-corrected chi connectivity index (χ1v) is 9.75. The van der Waals surface area contributed by atoms with Crippen molar-refractivity contribution in [1.82, 2.24) is 9.62 Å². The Morgan fingerprint density at radius 3 is 2.54 bits per heavy atom. The van der Waals surface area contributed by atoms with Crippen molar-refractivity contribution in [3.8, 4) is 0 Å². The number of halogens is 2. The summed E-state index contributed by atoms with van der Waals surface area (Å²) in [5.74, 6) is -3.08. The second-order valence-corrected chi connectivity index (χ2v) is 8.14. The van der Waals surface area contributed by atoms with Gasteiger partial charge in [0, 0.05) is 25.2 Å². The van der Waals surface area contributed by atoms with Crippen molar-refractivity contribution >= 4 is 15.9 Å². The number of nitrogens with one attached hydrogen (secondary N) is 1. The molecule has 0 fully saturated rings. The number of benzene rings is 2. The number of carbonyl (C=O) groups is 1. The van der Waals surface area contributed by atoms with Gasteiger partial charge in [0.05, 0.1) is 5.75 Å². The highest BCUT2D eigenvalue weighted by molar-refractivity contribution is 7.89. The van der Waals surface area contributed by atoms with E-state index in [-0.39, 0.29) is 17.9 Å². The van der Waals surface area contributed by atoms with Crippen LogP contribution in [0.3, 0.4) is 0 Å². The maximum absolute atomic E-state index is 13.2. The van der Waals surface area contributed by atoms with Crippen molar-refractivity contribution < 1.29 is 22.0 Å². The van der Waals surface area contributed by atoms with Gasteiger partial charge in [0.1, 0.15) is 0 Å². The molecule has 1 heterocycles. The molecule has 8 heteroatoms. The quantitative estimate of drug-likeness (QED) is 0.864. The fourth-order valence-corrected chi connectivity index (χ4v) is 4.19. The van der Waals surface area contributed by atoms with Crippen LogP contribution in [0.5, 0.6) is 0 Å². The van der Waals surface area contributed by atoms with E-state index in [0.29, 0.717) is 19.5 Å². The fourth-order valence-electron chi connectivity index (χ4n) is 2.87. The molecule has 0 aliphatic carbocycles. The molecule has 0 bridgehead atoms. The van der Waals surface area contributed by atoms with Crippen LogP contribution in [0.15, 0.2) is 42.5 Å². The number of rotatable bonds is 5. The van der Waals surface area contributed by atoms with Crippen LogP contribution in [0.1, 0.15) is 21.5 Å². The molecule has 0 saturated heterocycles. The molecule has 1 aliphatic heterocycles. The van der Waals surface area contributed by atoms with Crippen molar-refractivity contribution in [3.05, 3.63) is 70.8 Å². The minimum atomic E-state index is -3.53. The predicted molar refractivity (Wildman–Crippen MR) is 93.0 cm³/mol. The smallest absolute Gasteiger partial charge is 0.251 e. The number of nitrogens with zero attached hydrogens (tertiary/aromatic N) is 1.